The summed E-state index contributed by atoms with van der Waals surface area (Å²) >= 11 is 14.2. The van der Waals surface area contributed by atoms with Crippen molar-refractivity contribution in [3.8, 4) is 23.0 Å². The van der Waals surface area contributed by atoms with Gasteiger partial charge in [0.15, 0.2) is 25.1 Å². The van der Waals surface area contributed by atoms with Crippen LogP contribution in [0.1, 0.15) is 79.7 Å². The third-order valence-electron chi connectivity index (χ3n) is 11.3. The second-order valence-electron chi connectivity index (χ2n) is 17.1. The highest BCUT2D eigenvalue weighted by Gasteiger charge is 2.50. The van der Waals surface area contributed by atoms with Crippen molar-refractivity contribution in [2.24, 2.45) is 0 Å². The first-order valence-electron chi connectivity index (χ1n) is 21.7. The van der Waals surface area contributed by atoms with Gasteiger partial charge in [-0.05, 0) is 59.3 Å². The SMILES string of the molecule is COCOc1c(Cl)c(C)c(Cl)c(OCOC)c1C(O)c1c(CC=C(C)C)c(OCc2ccccc2)cc(OCc2ccccc2)c1CO[Si](c1ccccc1)(c1ccccc1)C(C)(C)C. The maximum Gasteiger partial charge on any atom is 0.261 e. The number of methoxy groups -OCH3 is 2. The topological polar surface area (TPSA) is 84.8 Å². The Morgan fingerprint density at radius 2 is 1.05 bits per heavy atom. The van der Waals surface area contributed by atoms with E-state index in [9.17, 15) is 5.11 Å². The average molecular weight is 936 g/mol. The molecule has 0 amide bonds. The highest BCUT2D eigenvalue weighted by molar-refractivity contribution is 6.99. The summed E-state index contributed by atoms with van der Waals surface area (Å²) in [6, 6.07) is 42.7. The first-order valence-corrected chi connectivity index (χ1v) is 24.3. The Morgan fingerprint density at radius 3 is 1.46 bits per heavy atom. The molecule has 0 saturated heterocycles. The number of halogens is 2. The van der Waals surface area contributed by atoms with Gasteiger partial charge >= 0.3 is 0 Å². The molecule has 1 N–H and O–H groups in total. The predicted molar refractivity (Wildman–Crippen MR) is 264 cm³/mol. The van der Waals surface area contributed by atoms with Gasteiger partial charge in [0.05, 0.1) is 22.2 Å². The van der Waals surface area contributed by atoms with E-state index in [1.54, 1.807) is 6.92 Å². The monoisotopic (exact) mass is 934 g/mol. The summed E-state index contributed by atoms with van der Waals surface area (Å²) in [6.07, 6.45) is 0.972. The molecule has 0 fully saturated rings. The molecule has 1 unspecified atom stereocenters. The van der Waals surface area contributed by atoms with E-state index in [0.717, 1.165) is 27.1 Å². The smallest absolute Gasteiger partial charge is 0.261 e. The van der Waals surface area contributed by atoms with Crippen LogP contribution in [0.4, 0.5) is 0 Å². The van der Waals surface area contributed by atoms with Crippen molar-refractivity contribution in [3.05, 3.63) is 188 Å². The fourth-order valence-corrected chi connectivity index (χ4v) is 13.2. The van der Waals surface area contributed by atoms with Crippen LogP contribution >= 0.6 is 23.2 Å². The number of hydrogen-bond donors (Lipinski definition) is 1. The van der Waals surface area contributed by atoms with Gasteiger partial charge in [-0.1, -0.05) is 177 Å². The lowest BCUT2D eigenvalue weighted by Crippen LogP contribution is -2.66. The Labute approximate surface area is 395 Å². The van der Waals surface area contributed by atoms with Gasteiger partial charge in [-0.15, -0.1) is 0 Å². The molecule has 0 aliphatic rings. The van der Waals surface area contributed by atoms with E-state index in [-0.39, 0.29) is 65.6 Å². The van der Waals surface area contributed by atoms with E-state index in [1.807, 2.05) is 92.7 Å². The molecule has 0 heterocycles. The zero-order valence-corrected chi connectivity index (χ0v) is 41.1. The second-order valence-corrected chi connectivity index (χ2v) is 22.1. The van der Waals surface area contributed by atoms with Gasteiger partial charge in [0, 0.05) is 37.0 Å². The molecule has 0 bridgehead atoms. The van der Waals surface area contributed by atoms with Crippen LogP contribution in [0.5, 0.6) is 23.0 Å². The zero-order valence-electron chi connectivity index (χ0n) is 38.6. The fraction of sp³-hybridized carbons (Fsp3) is 0.296. The van der Waals surface area contributed by atoms with Crippen LogP contribution in [-0.2, 0) is 40.1 Å². The minimum absolute atomic E-state index is 0.0282. The molecule has 6 rings (SSSR count). The van der Waals surface area contributed by atoms with Crippen molar-refractivity contribution in [1.82, 2.24) is 0 Å². The lowest BCUT2D eigenvalue weighted by Gasteiger charge is -2.43. The van der Waals surface area contributed by atoms with Crippen LogP contribution in [0.2, 0.25) is 15.1 Å². The number of allylic oxidation sites excluding steroid dienone is 2. The molecular formula is C54H60Cl2O8Si. The molecule has 0 spiro atoms. The molecule has 342 valence electrons. The Bertz CT molecular complexity index is 2420. The third kappa shape index (κ3) is 11.5. The summed E-state index contributed by atoms with van der Waals surface area (Å²) in [4.78, 5) is 0. The molecule has 6 aromatic rings. The van der Waals surface area contributed by atoms with E-state index < -0.39 is 14.4 Å². The predicted octanol–water partition coefficient (Wildman–Crippen LogP) is 12.1. The van der Waals surface area contributed by atoms with E-state index in [0.29, 0.717) is 40.2 Å². The first-order chi connectivity index (χ1) is 31.3. The third-order valence-corrected chi connectivity index (χ3v) is 17.2. The first kappa shape index (κ1) is 49.3. The molecule has 65 heavy (non-hydrogen) atoms. The minimum atomic E-state index is -3.19. The van der Waals surface area contributed by atoms with E-state index >= 15 is 0 Å². The molecule has 0 radical (unpaired) electrons. The van der Waals surface area contributed by atoms with Gasteiger partial charge in [-0.2, -0.15) is 0 Å². The molecule has 0 aliphatic carbocycles. The lowest BCUT2D eigenvalue weighted by molar-refractivity contribution is 0.0414. The maximum atomic E-state index is 13.5. The van der Waals surface area contributed by atoms with Crippen molar-refractivity contribution in [2.75, 3.05) is 27.8 Å². The van der Waals surface area contributed by atoms with Gasteiger partial charge in [-0.25, -0.2) is 0 Å². The Morgan fingerprint density at radius 1 is 0.615 bits per heavy atom. The van der Waals surface area contributed by atoms with Crippen LogP contribution < -0.4 is 29.3 Å². The summed E-state index contributed by atoms with van der Waals surface area (Å²) in [5, 5.41) is 15.7. The quantitative estimate of drug-likeness (QED) is 0.0434. The molecule has 6 aromatic carbocycles. The number of rotatable bonds is 21. The normalized spacial score (nSPS) is 12.1. The summed E-state index contributed by atoms with van der Waals surface area (Å²) < 4.78 is 44.7. The molecule has 1 atom stereocenters. The van der Waals surface area contributed by atoms with Crippen LogP contribution in [0.3, 0.4) is 0 Å². The van der Waals surface area contributed by atoms with Crippen LogP contribution in [0.25, 0.3) is 0 Å². The second kappa shape index (κ2) is 22.9. The van der Waals surface area contributed by atoms with Crippen LogP contribution in [0, 0.1) is 6.92 Å². The van der Waals surface area contributed by atoms with E-state index in [2.05, 4.69) is 75.4 Å². The van der Waals surface area contributed by atoms with Crippen LogP contribution in [-0.4, -0.2) is 41.2 Å². The fourth-order valence-electron chi connectivity index (χ4n) is 8.09. The van der Waals surface area contributed by atoms with Crippen LogP contribution in [0.15, 0.2) is 139 Å². The summed E-state index contributed by atoms with van der Waals surface area (Å²) in [5.41, 5.74) is 5.44. The van der Waals surface area contributed by atoms with Gasteiger partial charge in [-0.3, -0.25) is 0 Å². The number of ether oxygens (including phenoxy) is 6. The molecule has 11 heteroatoms. The molecule has 0 saturated carbocycles. The van der Waals surface area contributed by atoms with E-state index in [1.165, 1.54) is 14.2 Å². The van der Waals surface area contributed by atoms with Gasteiger partial charge in [0.25, 0.3) is 8.32 Å². The van der Waals surface area contributed by atoms with Crippen molar-refractivity contribution in [2.45, 2.75) is 78.9 Å². The zero-order chi connectivity index (χ0) is 46.6. The van der Waals surface area contributed by atoms with Gasteiger partial charge < -0.3 is 38.0 Å². The van der Waals surface area contributed by atoms with E-state index in [4.69, 9.17) is 56.0 Å². The Hall–Kier alpha value is -5.10. The standard InChI is InChI=1S/C54H60Cl2O8Si/c1-37(2)29-30-43-45(60-32-39-21-13-9-14-22-39)31-46(61-33-40-23-15-10-16-24-40)44(34-64-65(54(4,5)6,41-25-17-11-18-26-41)42-27-19-12-20-28-42)47(43)51(57)48-52(62-35-58-7)49(55)38(3)50(56)53(48)63-36-59-8/h9-29,31,51,57H,30,32-36H2,1-8H3. The lowest BCUT2D eigenvalue weighted by atomic mass is 9.88. The van der Waals surface area contributed by atoms with Crippen molar-refractivity contribution in [1.29, 1.82) is 0 Å². The molecule has 0 aromatic heterocycles. The summed E-state index contributed by atoms with van der Waals surface area (Å²) in [6.45, 7) is 12.7. The minimum Gasteiger partial charge on any atom is -0.488 e. The summed E-state index contributed by atoms with van der Waals surface area (Å²) in [7, 11) is -0.171. The number of aliphatic hydroxyl groups is 1. The molecule has 8 nitrogen and oxygen atoms in total. The number of aliphatic hydroxyl groups excluding tert-OH is 1. The Balaban J connectivity index is 1.72. The number of benzene rings is 6. The highest BCUT2D eigenvalue weighted by atomic mass is 35.5. The highest BCUT2D eigenvalue weighted by Crippen LogP contribution is 2.52. The molecule has 0 aliphatic heterocycles. The van der Waals surface area contributed by atoms with Gasteiger partial charge in [0.1, 0.15) is 30.8 Å². The maximum absolute atomic E-state index is 13.5. The Kier molecular flexibility index (Phi) is 17.4. The summed E-state index contributed by atoms with van der Waals surface area (Å²) in [5.74, 6) is 1.26. The average Bonchev–Trinajstić information content (AvgIpc) is 3.31. The number of hydrogen-bond acceptors (Lipinski definition) is 8. The van der Waals surface area contributed by atoms with Gasteiger partial charge in [0.2, 0.25) is 0 Å². The van der Waals surface area contributed by atoms with Crippen molar-refractivity contribution in [3.63, 3.8) is 0 Å². The molecular weight excluding hydrogens is 876 g/mol. The van der Waals surface area contributed by atoms with Crippen molar-refractivity contribution >= 4 is 41.9 Å². The largest absolute Gasteiger partial charge is 0.488 e. The van der Waals surface area contributed by atoms with Crippen molar-refractivity contribution < 1.29 is 38.0 Å².